The lowest BCUT2D eigenvalue weighted by molar-refractivity contribution is -0.290. The molecule has 5 rings (SSSR count). The molecule has 0 heterocycles. The molecule has 2 saturated carbocycles. The van der Waals surface area contributed by atoms with E-state index in [1.807, 2.05) is 0 Å². The number of amides is 1. The van der Waals surface area contributed by atoms with Crippen LogP contribution < -0.4 is 5.32 Å². The third-order valence-electron chi connectivity index (χ3n) is 12.3. The first-order chi connectivity index (χ1) is 27.4. The SMILES string of the molecule is CC(=O)O[C@]1(CO)[C@H]2[C@H](OC(=O)c3ccccc3)[C@]3(O)C[C@H](OC(=O)[C@H](O)[C@@H](NC(=O)OC(C)(C)C)c4ccccc4)C(C)=C([C@@H](O)C(=O)[C@]2(C)[C@@H](O)C[C@@H]1O)C3(C)C. The highest BCUT2D eigenvalue weighted by Crippen LogP contribution is 2.62. The molecule has 0 saturated heterocycles. The Labute approximate surface area is 342 Å². The van der Waals surface area contributed by atoms with Gasteiger partial charge in [0.05, 0.1) is 41.8 Å². The first-order valence-corrected chi connectivity index (χ1v) is 19.4. The highest BCUT2D eigenvalue weighted by Gasteiger charge is 2.75. The first kappa shape index (κ1) is 45.4. The van der Waals surface area contributed by atoms with Gasteiger partial charge in [-0.3, -0.25) is 9.59 Å². The third-order valence-corrected chi connectivity index (χ3v) is 12.3. The van der Waals surface area contributed by atoms with Crippen LogP contribution in [0.2, 0.25) is 0 Å². The van der Waals surface area contributed by atoms with Gasteiger partial charge in [0.15, 0.2) is 17.5 Å². The maximum Gasteiger partial charge on any atom is 0.408 e. The lowest BCUT2D eigenvalue weighted by Gasteiger charge is -2.64. The fraction of sp³-hybridized carbons (Fsp3) is 0.558. The first-order valence-electron chi connectivity index (χ1n) is 19.4. The normalized spacial score (nSPS) is 32.6. The fourth-order valence-electron chi connectivity index (χ4n) is 9.26. The van der Waals surface area contributed by atoms with Crippen molar-refractivity contribution in [1.29, 1.82) is 0 Å². The number of Topliss-reactive ketones (excluding diaryl/α,β-unsaturated/α-hetero) is 1. The van der Waals surface area contributed by atoms with E-state index in [0.29, 0.717) is 5.56 Å². The summed E-state index contributed by atoms with van der Waals surface area (Å²) in [5.74, 6) is -6.48. The Balaban J connectivity index is 1.70. The Hall–Kier alpha value is -4.71. The number of fused-ring (bicyclic) bond motifs is 3. The van der Waals surface area contributed by atoms with Crippen LogP contribution >= 0.6 is 0 Å². The van der Waals surface area contributed by atoms with Crippen molar-refractivity contribution >= 4 is 29.8 Å². The molecule has 0 spiro atoms. The number of benzene rings is 2. The predicted molar refractivity (Wildman–Crippen MR) is 207 cm³/mol. The number of hydrogen-bond donors (Lipinski definition) is 7. The van der Waals surface area contributed by atoms with E-state index in [4.69, 9.17) is 18.9 Å². The minimum absolute atomic E-state index is 0.0266. The second kappa shape index (κ2) is 16.4. The van der Waals surface area contributed by atoms with Crippen molar-refractivity contribution in [1.82, 2.24) is 5.32 Å². The third kappa shape index (κ3) is 8.01. The number of hydrogen-bond acceptors (Lipinski definition) is 15. The Kier molecular flexibility index (Phi) is 12.6. The molecule has 3 aliphatic carbocycles. The summed E-state index contributed by atoms with van der Waals surface area (Å²) in [4.78, 5) is 68.8. The molecule has 1 amide bonds. The van der Waals surface area contributed by atoms with Crippen molar-refractivity contribution in [2.75, 3.05) is 6.61 Å². The number of nitrogens with one attached hydrogen (secondary N) is 1. The monoisotopic (exact) mass is 825 g/mol. The largest absolute Gasteiger partial charge is 0.456 e. The second-order valence-corrected chi connectivity index (χ2v) is 17.4. The van der Waals surface area contributed by atoms with Crippen LogP contribution in [0.25, 0.3) is 0 Å². The average molecular weight is 826 g/mol. The second-order valence-electron chi connectivity index (χ2n) is 17.4. The Bertz CT molecular complexity index is 1960. The number of rotatable bonds is 9. The molecule has 0 aromatic heterocycles. The Morgan fingerprint density at radius 1 is 0.915 bits per heavy atom. The smallest absolute Gasteiger partial charge is 0.408 e. The highest BCUT2D eigenvalue weighted by atomic mass is 16.6. The zero-order valence-electron chi connectivity index (χ0n) is 34.4. The molecular weight excluding hydrogens is 770 g/mol. The molecule has 2 aromatic rings. The van der Waals surface area contributed by atoms with Crippen molar-refractivity contribution in [3.8, 4) is 0 Å². The van der Waals surface area contributed by atoms with E-state index in [1.165, 1.54) is 52.0 Å². The van der Waals surface area contributed by atoms with Crippen LogP contribution in [0, 0.1) is 16.7 Å². The lowest BCUT2D eigenvalue weighted by atomic mass is 9.45. The summed E-state index contributed by atoms with van der Waals surface area (Å²) >= 11 is 0. The van der Waals surface area contributed by atoms with E-state index >= 15 is 0 Å². The summed E-state index contributed by atoms with van der Waals surface area (Å²) in [7, 11) is 0. The topological polar surface area (TPSA) is 256 Å². The molecule has 0 radical (unpaired) electrons. The Morgan fingerprint density at radius 3 is 2.03 bits per heavy atom. The van der Waals surface area contributed by atoms with Gasteiger partial charge in [0, 0.05) is 25.2 Å². The minimum Gasteiger partial charge on any atom is -0.456 e. The fourth-order valence-corrected chi connectivity index (χ4v) is 9.26. The van der Waals surface area contributed by atoms with Gasteiger partial charge in [-0.2, -0.15) is 0 Å². The quantitative estimate of drug-likeness (QED) is 0.109. The number of carbonyl (C=O) groups excluding carboxylic acids is 5. The van der Waals surface area contributed by atoms with Crippen molar-refractivity contribution in [2.45, 2.75) is 128 Å². The summed E-state index contributed by atoms with van der Waals surface area (Å²) in [5, 5.41) is 74.0. The zero-order chi connectivity index (χ0) is 44.0. The molecule has 2 bridgehead atoms. The van der Waals surface area contributed by atoms with Crippen LogP contribution in [-0.2, 0) is 33.3 Å². The van der Waals surface area contributed by atoms with Crippen LogP contribution in [0.4, 0.5) is 4.79 Å². The zero-order valence-corrected chi connectivity index (χ0v) is 34.4. The molecule has 3 aliphatic rings. The lowest BCUT2D eigenvalue weighted by Crippen LogP contribution is -2.78. The van der Waals surface area contributed by atoms with E-state index in [9.17, 15) is 54.6 Å². The molecule has 0 unspecified atom stereocenters. The number of aliphatic hydroxyl groups is 6. The van der Waals surface area contributed by atoms with Crippen LogP contribution in [0.15, 0.2) is 71.8 Å². The van der Waals surface area contributed by atoms with E-state index in [1.54, 1.807) is 57.2 Å². The van der Waals surface area contributed by atoms with Crippen LogP contribution in [0.1, 0.15) is 90.2 Å². The molecule has 0 aliphatic heterocycles. The predicted octanol–water partition coefficient (Wildman–Crippen LogP) is 2.21. The van der Waals surface area contributed by atoms with Gasteiger partial charge in [-0.05, 0) is 63.5 Å². The number of aliphatic hydroxyl groups excluding tert-OH is 5. The van der Waals surface area contributed by atoms with Crippen LogP contribution in [0.3, 0.4) is 0 Å². The number of ether oxygens (including phenoxy) is 4. The van der Waals surface area contributed by atoms with Gasteiger partial charge in [-0.1, -0.05) is 62.4 Å². The van der Waals surface area contributed by atoms with Gasteiger partial charge in [0.1, 0.15) is 29.5 Å². The molecule has 322 valence electrons. The van der Waals surface area contributed by atoms with Crippen LogP contribution in [-0.4, -0.2) is 120 Å². The summed E-state index contributed by atoms with van der Waals surface area (Å²) in [6.07, 6.45) is -13.9. The summed E-state index contributed by atoms with van der Waals surface area (Å²) in [6, 6.07) is 14.1. The molecular formula is C43H55NO15. The van der Waals surface area contributed by atoms with Gasteiger partial charge < -0.3 is 54.9 Å². The summed E-state index contributed by atoms with van der Waals surface area (Å²) < 4.78 is 23.2. The highest BCUT2D eigenvalue weighted by molar-refractivity contribution is 5.94. The van der Waals surface area contributed by atoms with Gasteiger partial charge in [0.25, 0.3) is 0 Å². The van der Waals surface area contributed by atoms with Crippen molar-refractivity contribution in [3.05, 3.63) is 82.9 Å². The van der Waals surface area contributed by atoms with Gasteiger partial charge in [0.2, 0.25) is 0 Å². The van der Waals surface area contributed by atoms with Gasteiger partial charge in [-0.25, -0.2) is 14.4 Å². The van der Waals surface area contributed by atoms with E-state index in [0.717, 1.165) is 6.92 Å². The minimum atomic E-state index is -2.55. The maximum absolute atomic E-state index is 14.9. The van der Waals surface area contributed by atoms with Gasteiger partial charge >= 0.3 is 24.0 Å². The average Bonchev–Trinajstić information content (AvgIpc) is 3.16. The summed E-state index contributed by atoms with van der Waals surface area (Å²) in [6.45, 7) is 10.2. The van der Waals surface area contributed by atoms with Gasteiger partial charge in [-0.15, -0.1) is 0 Å². The number of alkyl carbamates (subject to hydrolysis) is 1. The number of ketones is 1. The molecule has 2 fully saturated rings. The molecule has 16 nitrogen and oxygen atoms in total. The summed E-state index contributed by atoms with van der Waals surface area (Å²) in [5.41, 5.74) is -9.95. The molecule has 7 N–H and O–H groups in total. The van der Waals surface area contributed by atoms with Crippen molar-refractivity contribution in [2.24, 2.45) is 16.7 Å². The van der Waals surface area contributed by atoms with Crippen molar-refractivity contribution < 1.29 is 73.6 Å². The number of esters is 3. The standard InChI is InChI=1S/C43H55NO15/c1-22-26(56-37(53)32(50)30(24-15-11-9-12-16-24)44-38(54)59-39(3,4)5)20-43(55)35(57-36(52)25-17-13-10-14-18-25)33-41(8,34(51)31(49)29(22)40(43,6)7)27(47)19-28(48)42(33,21-45)58-23(2)46/h9-18,26-28,30-33,35,45,47-50,55H,19-21H2,1-8H3,(H,44,54)/t26-,27-,28-,30-,31+,32+,33-,35-,41+,42-,43+/m0/s1. The maximum atomic E-state index is 14.9. The molecule has 59 heavy (non-hydrogen) atoms. The van der Waals surface area contributed by atoms with E-state index in [-0.39, 0.29) is 16.7 Å². The molecule has 16 heteroatoms. The van der Waals surface area contributed by atoms with E-state index < -0.39 is 125 Å². The number of carbonyl (C=O) groups is 5. The Morgan fingerprint density at radius 2 is 1.49 bits per heavy atom. The molecule has 2 aromatic carbocycles. The van der Waals surface area contributed by atoms with E-state index in [2.05, 4.69) is 5.32 Å². The molecule has 11 atom stereocenters. The van der Waals surface area contributed by atoms with Crippen molar-refractivity contribution in [3.63, 3.8) is 0 Å². The van der Waals surface area contributed by atoms with Crippen LogP contribution in [0.5, 0.6) is 0 Å².